The second kappa shape index (κ2) is 8.42. The largest absolute Gasteiger partial charge is 0.379 e. The zero-order valence-electron chi connectivity index (χ0n) is 16.9. The Bertz CT molecular complexity index is 1020. The number of hydrogen-bond acceptors (Lipinski definition) is 4. The van der Waals surface area contributed by atoms with E-state index in [0.717, 1.165) is 79.2 Å². The Morgan fingerprint density at radius 1 is 1.23 bits per heavy atom. The molecule has 0 radical (unpaired) electrons. The van der Waals surface area contributed by atoms with Crippen molar-refractivity contribution in [2.24, 2.45) is 0 Å². The van der Waals surface area contributed by atoms with Crippen molar-refractivity contribution in [1.82, 2.24) is 20.4 Å². The van der Waals surface area contributed by atoms with E-state index in [0.29, 0.717) is 0 Å². The van der Waals surface area contributed by atoms with Gasteiger partial charge >= 0.3 is 0 Å². The number of amides is 1. The number of benzene rings is 1. The van der Waals surface area contributed by atoms with Crippen LogP contribution in [0.3, 0.4) is 0 Å². The molecule has 1 atom stereocenters. The summed E-state index contributed by atoms with van der Waals surface area (Å²) in [5, 5.41) is 10.6. The predicted octanol–water partition coefficient (Wildman–Crippen LogP) is 3.28. The fourth-order valence-electron chi connectivity index (χ4n) is 4.48. The number of nitrogens with zero attached hydrogens (tertiary/aromatic N) is 2. The Morgan fingerprint density at radius 2 is 2.07 bits per heavy atom. The molecule has 2 heterocycles. The molecule has 6 heteroatoms. The average Bonchev–Trinajstić information content (AvgIpc) is 3.03. The second-order valence-electron chi connectivity index (χ2n) is 7.94. The molecule has 0 spiro atoms. The molecular weight excluding hydrogens is 376 g/mol. The van der Waals surface area contributed by atoms with Gasteiger partial charge in [0.2, 0.25) is 0 Å². The monoisotopic (exact) mass is 402 g/mol. The van der Waals surface area contributed by atoms with Crippen molar-refractivity contribution in [3.05, 3.63) is 71.1 Å². The molecule has 0 unspecified atom stereocenters. The molecule has 0 aromatic heterocycles. The summed E-state index contributed by atoms with van der Waals surface area (Å²) >= 11 is 0. The van der Waals surface area contributed by atoms with E-state index < -0.39 is 0 Å². The highest BCUT2D eigenvalue weighted by atomic mass is 16.5. The summed E-state index contributed by atoms with van der Waals surface area (Å²) in [5.41, 5.74) is 6.11. The number of aromatic nitrogens is 2. The molecule has 2 aliphatic carbocycles. The van der Waals surface area contributed by atoms with E-state index in [1.807, 2.05) is 24.3 Å². The van der Waals surface area contributed by atoms with Gasteiger partial charge in [-0.2, -0.15) is 5.10 Å². The summed E-state index contributed by atoms with van der Waals surface area (Å²) < 4.78 is 5.49. The number of morpholine rings is 1. The minimum absolute atomic E-state index is 0.0174. The van der Waals surface area contributed by atoms with E-state index >= 15 is 0 Å². The Hall–Kier alpha value is -2.96. The van der Waals surface area contributed by atoms with Gasteiger partial charge in [0.25, 0.3) is 5.91 Å². The molecule has 1 fully saturated rings. The first-order valence-electron chi connectivity index (χ1n) is 10.6. The number of rotatable bonds is 5. The molecule has 5 rings (SSSR count). The fraction of sp³-hybridized carbons (Fsp3) is 0.333. The van der Waals surface area contributed by atoms with Gasteiger partial charge in [-0.25, -0.2) is 0 Å². The maximum atomic E-state index is 13.5. The van der Waals surface area contributed by atoms with Crippen molar-refractivity contribution in [1.29, 1.82) is 0 Å². The Balaban J connectivity index is 1.44. The quantitative estimate of drug-likeness (QED) is 0.687. The van der Waals surface area contributed by atoms with Crippen LogP contribution in [0.2, 0.25) is 0 Å². The van der Waals surface area contributed by atoms with Crippen molar-refractivity contribution in [2.75, 3.05) is 32.8 Å². The van der Waals surface area contributed by atoms with Crippen molar-refractivity contribution in [3.63, 3.8) is 0 Å². The minimum atomic E-state index is -0.0740. The number of hydrogen-bond donors (Lipinski definition) is 2. The number of carbonyl (C=O) groups excluding carboxylic acids is 1. The van der Waals surface area contributed by atoms with Crippen LogP contribution < -0.4 is 5.32 Å². The van der Waals surface area contributed by atoms with Gasteiger partial charge in [0.15, 0.2) is 0 Å². The van der Waals surface area contributed by atoms with Crippen LogP contribution in [0.15, 0.2) is 48.7 Å². The number of H-pyrrole nitrogens is 1. The molecule has 2 aliphatic heterocycles. The summed E-state index contributed by atoms with van der Waals surface area (Å²) in [6.07, 6.45) is 7.78. The van der Waals surface area contributed by atoms with Crippen molar-refractivity contribution in [3.8, 4) is 11.1 Å². The van der Waals surface area contributed by atoms with Crippen molar-refractivity contribution < 1.29 is 9.53 Å². The van der Waals surface area contributed by atoms with Gasteiger partial charge in [-0.05, 0) is 36.1 Å². The van der Waals surface area contributed by atoms with Gasteiger partial charge in [0.05, 0.1) is 31.1 Å². The number of ether oxygens (including phenoxy) is 1. The van der Waals surface area contributed by atoms with Crippen LogP contribution in [0.5, 0.6) is 0 Å². The summed E-state index contributed by atoms with van der Waals surface area (Å²) in [4.78, 5) is 15.8. The number of carbonyl (C=O) groups is 1. The third-order valence-corrected chi connectivity index (χ3v) is 6.02. The molecule has 1 amide bonds. The molecule has 1 aromatic carbocycles. The molecule has 2 N–H and O–H groups in total. The average molecular weight is 402 g/mol. The second-order valence-corrected chi connectivity index (χ2v) is 7.94. The normalized spacial score (nSPS) is 17.6. The molecule has 0 saturated carbocycles. The first kappa shape index (κ1) is 19.0. The lowest BCUT2D eigenvalue weighted by molar-refractivity contribution is 0.0332. The highest BCUT2D eigenvalue weighted by Crippen LogP contribution is 2.36. The standard InChI is InChI=1S/C24H26N4O2/c29-24(20-14-18-15-25-27-21-9-5-4-8-19(20)23(18)21)26-22(17-6-2-1-3-7-17)16-28-10-12-30-13-11-28/h1-3,5-7,9,14-15,22,27H,4,8,10-13,16H2,(H,26,29)/t22-/m1/s1. The molecule has 4 aliphatic rings. The SMILES string of the molecule is O=C(N[C@H](CN1CCOCC1)c1ccccc1)c1cc2cn[nH]c3c-2c1CCC=C3. The fourth-order valence-corrected chi connectivity index (χ4v) is 4.48. The van der Waals surface area contributed by atoms with Crippen LogP contribution in [-0.4, -0.2) is 53.9 Å². The van der Waals surface area contributed by atoms with E-state index in [-0.39, 0.29) is 11.9 Å². The van der Waals surface area contributed by atoms with E-state index in [1.165, 1.54) is 0 Å². The molecule has 30 heavy (non-hydrogen) atoms. The van der Waals surface area contributed by atoms with Gasteiger partial charge in [-0.3, -0.25) is 14.8 Å². The van der Waals surface area contributed by atoms with Crippen LogP contribution in [0.4, 0.5) is 0 Å². The van der Waals surface area contributed by atoms with E-state index in [2.05, 4.69) is 44.7 Å². The minimum Gasteiger partial charge on any atom is -0.379 e. The zero-order chi connectivity index (χ0) is 20.3. The lowest BCUT2D eigenvalue weighted by Crippen LogP contribution is -2.43. The van der Waals surface area contributed by atoms with Gasteiger partial charge in [-0.1, -0.05) is 36.4 Å². The maximum absolute atomic E-state index is 13.5. The lowest BCUT2D eigenvalue weighted by Gasteiger charge is -2.31. The van der Waals surface area contributed by atoms with Crippen LogP contribution in [0.25, 0.3) is 17.2 Å². The van der Waals surface area contributed by atoms with Crippen molar-refractivity contribution in [2.45, 2.75) is 18.9 Å². The predicted molar refractivity (Wildman–Crippen MR) is 116 cm³/mol. The zero-order valence-corrected chi connectivity index (χ0v) is 16.9. The van der Waals surface area contributed by atoms with Gasteiger partial charge in [0, 0.05) is 36.3 Å². The molecule has 0 bridgehead atoms. The first-order valence-corrected chi connectivity index (χ1v) is 10.6. The smallest absolute Gasteiger partial charge is 0.252 e. The van der Waals surface area contributed by atoms with Crippen LogP contribution in [0.1, 0.15) is 39.6 Å². The summed E-state index contributed by atoms with van der Waals surface area (Å²) in [6.45, 7) is 4.04. The van der Waals surface area contributed by atoms with E-state index in [4.69, 9.17) is 4.74 Å². The Morgan fingerprint density at radius 3 is 2.90 bits per heavy atom. The van der Waals surface area contributed by atoms with Crippen LogP contribution >= 0.6 is 0 Å². The van der Waals surface area contributed by atoms with Gasteiger partial charge in [0.1, 0.15) is 0 Å². The summed E-state index contributed by atoms with van der Waals surface area (Å²) in [7, 11) is 0. The van der Waals surface area contributed by atoms with E-state index in [1.54, 1.807) is 6.20 Å². The molecule has 1 saturated heterocycles. The topological polar surface area (TPSA) is 70.2 Å². The highest BCUT2D eigenvalue weighted by Gasteiger charge is 2.26. The highest BCUT2D eigenvalue weighted by molar-refractivity contribution is 6.01. The van der Waals surface area contributed by atoms with Crippen LogP contribution in [-0.2, 0) is 11.2 Å². The number of allylic oxidation sites excluding steroid dienone is 1. The first-order chi connectivity index (χ1) is 14.8. The molecule has 6 nitrogen and oxygen atoms in total. The third kappa shape index (κ3) is 3.76. The van der Waals surface area contributed by atoms with Crippen molar-refractivity contribution >= 4 is 12.0 Å². The number of nitrogens with one attached hydrogen (secondary N) is 2. The molecule has 154 valence electrons. The molecule has 1 aromatic rings. The lowest BCUT2D eigenvalue weighted by atomic mass is 10.0. The Labute approximate surface area is 176 Å². The van der Waals surface area contributed by atoms with Gasteiger partial charge in [-0.15, -0.1) is 0 Å². The Kier molecular flexibility index (Phi) is 5.34. The van der Waals surface area contributed by atoms with Gasteiger partial charge < -0.3 is 10.1 Å². The summed E-state index contributed by atoms with van der Waals surface area (Å²) in [6, 6.07) is 12.1. The molecular formula is C24H26N4O2. The third-order valence-electron chi connectivity index (χ3n) is 6.02. The van der Waals surface area contributed by atoms with Crippen LogP contribution in [0, 0.1) is 0 Å². The maximum Gasteiger partial charge on any atom is 0.252 e. The van der Waals surface area contributed by atoms with E-state index in [9.17, 15) is 4.79 Å². The number of aromatic amines is 1. The summed E-state index contributed by atoms with van der Waals surface area (Å²) in [5.74, 6) is -0.0174.